The molecule has 1 aliphatic heterocycles. The molecule has 0 bridgehead atoms. The van der Waals surface area contributed by atoms with Crippen molar-refractivity contribution in [1.82, 2.24) is 14.5 Å². The van der Waals surface area contributed by atoms with Crippen LogP contribution in [0.3, 0.4) is 0 Å². The van der Waals surface area contributed by atoms with Gasteiger partial charge >= 0.3 is 5.69 Å². The van der Waals surface area contributed by atoms with Crippen molar-refractivity contribution in [2.24, 2.45) is 0 Å². The predicted molar refractivity (Wildman–Crippen MR) is 102 cm³/mol. The maximum Gasteiger partial charge on any atom is 0.330 e. The molecule has 2 aromatic heterocycles. The third-order valence-electron chi connectivity index (χ3n) is 4.68. The molecule has 10 heteroatoms. The van der Waals surface area contributed by atoms with Gasteiger partial charge in [0, 0.05) is 32.7 Å². The minimum Gasteiger partial charge on any atom is -0.390 e. The molecule has 27 heavy (non-hydrogen) atoms. The van der Waals surface area contributed by atoms with Crippen LogP contribution in [0.25, 0.3) is 10.9 Å². The molecule has 1 fully saturated rings. The fraction of sp³-hybridized carbons (Fsp3) is 0.294. The highest BCUT2D eigenvalue weighted by atomic mass is 127. The van der Waals surface area contributed by atoms with Gasteiger partial charge in [0.25, 0.3) is 5.56 Å². The highest BCUT2D eigenvalue weighted by molar-refractivity contribution is 14.1. The molecule has 0 saturated carbocycles. The average molecular weight is 487 g/mol. The van der Waals surface area contributed by atoms with Gasteiger partial charge in [-0.15, -0.1) is 0 Å². The molecule has 1 aliphatic rings. The first-order chi connectivity index (χ1) is 12.8. The van der Waals surface area contributed by atoms with E-state index in [1.807, 2.05) is 23.2 Å². The number of ether oxygens (including phenoxy) is 1. The van der Waals surface area contributed by atoms with Crippen LogP contribution in [-0.4, -0.2) is 37.0 Å². The predicted octanol–water partition coefficient (Wildman–Crippen LogP) is 1.14. The molecule has 0 spiro atoms. The molecule has 0 radical (unpaired) electrons. The van der Waals surface area contributed by atoms with Crippen molar-refractivity contribution >= 4 is 33.5 Å². The summed E-state index contributed by atoms with van der Waals surface area (Å²) >= 11 is 2.16. The smallest absolute Gasteiger partial charge is 0.330 e. The summed E-state index contributed by atoms with van der Waals surface area (Å²) < 4.78 is 21.0. The van der Waals surface area contributed by atoms with Crippen LogP contribution in [0, 0.1) is 9.39 Å². The Balaban J connectivity index is 1.65. The van der Waals surface area contributed by atoms with Crippen LogP contribution in [-0.2, 0) is 4.74 Å². The molecule has 4 rings (SSSR count). The SMILES string of the molecule is O=c1[nH]c(=O)n([C@H]2C[C@H](O)[C@@H](C(O)c3c[nH]c4ccc(I)cc34)O2)cc1F. The quantitative estimate of drug-likeness (QED) is 0.414. The summed E-state index contributed by atoms with van der Waals surface area (Å²) in [6, 6.07) is 5.69. The zero-order valence-corrected chi connectivity index (χ0v) is 15.9. The number of hydrogen-bond acceptors (Lipinski definition) is 5. The number of hydrogen-bond donors (Lipinski definition) is 4. The molecule has 4 atom stereocenters. The molecular formula is C17H15FIN3O5. The Morgan fingerprint density at radius 3 is 2.93 bits per heavy atom. The van der Waals surface area contributed by atoms with Gasteiger partial charge in [-0.2, -0.15) is 4.39 Å². The number of nitrogens with one attached hydrogen (secondary N) is 2. The van der Waals surface area contributed by atoms with Crippen molar-refractivity contribution < 1.29 is 19.3 Å². The van der Waals surface area contributed by atoms with Crippen molar-refractivity contribution in [3.05, 3.63) is 66.4 Å². The molecule has 3 aromatic rings. The topological polar surface area (TPSA) is 120 Å². The maximum atomic E-state index is 13.5. The standard InChI is InChI=1S/C17H15FIN3O5/c18-10-6-22(17(26)21-16(10)25)13-4-12(23)15(27-13)14(24)9-5-20-11-2-1-7(19)3-8(9)11/h1-3,5-6,12-15,20,23-24H,4H2,(H,21,25,26)/t12-,13+,14?,15-/m0/s1. The minimum absolute atomic E-state index is 0.0347. The van der Waals surface area contributed by atoms with Gasteiger partial charge in [-0.3, -0.25) is 14.3 Å². The van der Waals surface area contributed by atoms with Crippen molar-refractivity contribution in [2.45, 2.75) is 31.0 Å². The van der Waals surface area contributed by atoms with E-state index in [9.17, 15) is 24.2 Å². The Kier molecular flexibility index (Phi) is 4.66. The lowest BCUT2D eigenvalue weighted by Gasteiger charge is -2.21. The molecule has 1 aromatic carbocycles. The van der Waals surface area contributed by atoms with Crippen LogP contribution in [0.2, 0.25) is 0 Å². The zero-order chi connectivity index (χ0) is 19.3. The second kappa shape index (κ2) is 6.86. The van der Waals surface area contributed by atoms with Crippen LogP contribution in [0.4, 0.5) is 4.39 Å². The normalized spacial score (nSPS) is 23.8. The lowest BCUT2D eigenvalue weighted by Crippen LogP contribution is -2.34. The Morgan fingerprint density at radius 1 is 1.37 bits per heavy atom. The first kappa shape index (κ1) is 18.3. The van der Waals surface area contributed by atoms with E-state index in [2.05, 4.69) is 27.6 Å². The number of aromatic amines is 2. The van der Waals surface area contributed by atoms with Gasteiger partial charge in [0.05, 0.1) is 12.3 Å². The van der Waals surface area contributed by atoms with Crippen LogP contribution in [0.15, 0.2) is 40.2 Å². The largest absolute Gasteiger partial charge is 0.390 e. The summed E-state index contributed by atoms with van der Waals surface area (Å²) in [5, 5.41) is 21.9. The number of aromatic nitrogens is 3. The second-order valence-electron chi connectivity index (χ2n) is 6.38. The van der Waals surface area contributed by atoms with Gasteiger partial charge in [0.15, 0.2) is 0 Å². The third-order valence-corrected chi connectivity index (χ3v) is 5.35. The number of benzene rings is 1. The summed E-state index contributed by atoms with van der Waals surface area (Å²) in [5.41, 5.74) is -0.601. The van der Waals surface area contributed by atoms with Gasteiger partial charge < -0.3 is 19.9 Å². The molecule has 1 unspecified atom stereocenters. The van der Waals surface area contributed by atoms with Crippen molar-refractivity contribution in [3.63, 3.8) is 0 Å². The molecule has 1 saturated heterocycles. The number of fused-ring (bicyclic) bond motifs is 1. The Hall–Kier alpha value is -2.02. The van der Waals surface area contributed by atoms with Gasteiger partial charge in [0.2, 0.25) is 5.82 Å². The van der Waals surface area contributed by atoms with Crippen molar-refractivity contribution in [1.29, 1.82) is 0 Å². The first-order valence-electron chi connectivity index (χ1n) is 8.14. The lowest BCUT2D eigenvalue weighted by atomic mass is 10.00. The first-order valence-corrected chi connectivity index (χ1v) is 9.22. The van der Waals surface area contributed by atoms with E-state index in [4.69, 9.17) is 4.74 Å². The average Bonchev–Trinajstić information content (AvgIpc) is 3.21. The number of halogens is 2. The van der Waals surface area contributed by atoms with E-state index in [1.165, 1.54) is 0 Å². The molecule has 8 nitrogen and oxygen atoms in total. The summed E-state index contributed by atoms with van der Waals surface area (Å²) in [5.74, 6) is -1.14. The molecular weight excluding hydrogens is 472 g/mol. The monoisotopic (exact) mass is 487 g/mol. The van der Waals surface area contributed by atoms with Crippen molar-refractivity contribution in [2.75, 3.05) is 0 Å². The fourth-order valence-corrected chi connectivity index (χ4v) is 3.83. The Morgan fingerprint density at radius 2 is 2.15 bits per heavy atom. The Bertz CT molecular complexity index is 1120. The van der Waals surface area contributed by atoms with E-state index in [0.29, 0.717) is 5.56 Å². The second-order valence-corrected chi connectivity index (χ2v) is 7.63. The van der Waals surface area contributed by atoms with E-state index < -0.39 is 41.6 Å². The molecule has 4 N–H and O–H groups in total. The lowest BCUT2D eigenvalue weighted by molar-refractivity contribution is -0.0845. The Labute approximate surface area is 164 Å². The highest BCUT2D eigenvalue weighted by Gasteiger charge is 2.41. The minimum atomic E-state index is -1.17. The highest BCUT2D eigenvalue weighted by Crippen LogP contribution is 2.37. The number of rotatable bonds is 3. The van der Waals surface area contributed by atoms with Crippen molar-refractivity contribution in [3.8, 4) is 0 Å². The maximum absolute atomic E-state index is 13.5. The van der Waals surface area contributed by atoms with Gasteiger partial charge in [0.1, 0.15) is 18.4 Å². The van der Waals surface area contributed by atoms with E-state index in [0.717, 1.165) is 25.2 Å². The van der Waals surface area contributed by atoms with Gasteiger partial charge in [-0.05, 0) is 40.8 Å². The van der Waals surface area contributed by atoms with Crippen LogP contribution in [0.1, 0.15) is 24.3 Å². The summed E-state index contributed by atoms with van der Waals surface area (Å²) in [6.07, 6.45) is -1.94. The van der Waals surface area contributed by atoms with Gasteiger partial charge in [-0.25, -0.2) is 4.79 Å². The number of H-pyrrole nitrogens is 2. The van der Waals surface area contributed by atoms with Crippen LogP contribution >= 0.6 is 22.6 Å². The summed E-state index contributed by atoms with van der Waals surface area (Å²) in [7, 11) is 0. The molecule has 0 amide bonds. The summed E-state index contributed by atoms with van der Waals surface area (Å²) in [6.45, 7) is 0. The number of aliphatic hydroxyl groups excluding tert-OH is 2. The molecule has 0 aliphatic carbocycles. The van der Waals surface area contributed by atoms with Gasteiger partial charge in [-0.1, -0.05) is 0 Å². The van der Waals surface area contributed by atoms with E-state index in [-0.39, 0.29) is 6.42 Å². The molecule has 142 valence electrons. The molecule has 3 heterocycles. The third kappa shape index (κ3) is 3.22. The number of aliphatic hydroxyl groups is 2. The van der Waals surface area contributed by atoms with E-state index in [1.54, 1.807) is 6.20 Å². The number of nitrogens with zero attached hydrogens (tertiary/aromatic N) is 1. The van der Waals surface area contributed by atoms with Crippen LogP contribution < -0.4 is 11.2 Å². The fourth-order valence-electron chi connectivity index (χ4n) is 3.34. The summed E-state index contributed by atoms with van der Waals surface area (Å²) in [4.78, 5) is 28.0. The zero-order valence-electron chi connectivity index (χ0n) is 13.7. The van der Waals surface area contributed by atoms with E-state index >= 15 is 0 Å². The van der Waals surface area contributed by atoms with Crippen LogP contribution in [0.5, 0.6) is 0 Å².